The molecule has 1 rings (SSSR count). The lowest BCUT2D eigenvalue weighted by molar-refractivity contribution is -0.00462. The summed E-state index contributed by atoms with van der Waals surface area (Å²) in [6.07, 6.45) is 4.38. The van der Waals surface area contributed by atoms with Gasteiger partial charge in [-0.25, -0.2) is 5.01 Å². The van der Waals surface area contributed by atoms with Crippen LogP contribution in [0.5, 0.6) is 0 Å². The Morgan fingerprint density at radius 1 is 1.09 bits per heavy atom. The number of rotatable bonds is 2. The first-order chi connectivity index (χ1) is 5.13. The van der Waals surface area contributed by atoms with Crippen molar-refractivity contribution < 1.29 is 0 Å². The second-order valence-corrected chi connectivity index (χ2v) is 3.57. The van der Waals surface area contributed by atoms with E-state index in [1.807, 2.05) is 0 Å². The molecule has 0 radical (unpaired) electrons. The highest BCUT2D eigenvalue weighted by molar-refractivity contribution is 4.93. The lowest BCUT2D eigenvalue weighted by atomic mass is 10.3. The zero-order chi connectivity index (χ0) is 8.43. The van der Waals surface area contributed by atoms with E-state index in [0.29, 0.717) is 12.1 Å². The fourth-order valence-corrected chi connectivity index (χ4v) is 1.39. The number of hydrogen-bond acceptors (Lipinski definition) is 2. The van der Waals surface area contributed by atoms with Crippen molar-refractivity contribution in [3.63, 3.8) is 0 Å². The normalized spacial score (nSPS) is 19.3. The van der Waals surface area contributed by atoms with Crippen molar-refractivity contribution in [1.82, 2.24) is 10.0 Å². The molecule has 0 atom stereocenters. The summed E-state index contributed by atoms with van der Waals surface area (Å²) in [5.74, 6) is 0. The second-order valence-electron chi connectivity index (χ2n) is 3.57. The average Bonchev–Trinajstić information content (AvgIpc) is 2.32. The largest absolute Gasteiger partial charge is 0.310 e. The molecule has 1 aliphatic rings. The monoisotopic (exact) mass is 154 g/mol. The lowest BCUT2D eigenvalue weighted by Crippen LogP contribution is -2.43. The van der Waals surface area contributed by atoms with Crippen LogP contribution in [0.15, 0.2) is 12.3 Å². The average molecular weight is 154 g/mol. The first kappa shape index (κ1) is 8.60. The molecule has 11 heavy (non-hydrogen) atoms. The first-order valence-electron chi connectivity index (χ1n) is 4.34. The zero-order valence-electron chi connectivity index (χ0n) is 7.91. The van der Waals surface area contributed by atoms with E-state index in [9.17, 15) is 0 Å². The van der Waals surface area contributed by atoms with Crippen LogP contribution in [-0.2, 0) is 0 Å². The van der Waals surface area contributed by atoms with E-state index in [4.69, 9.17) is 0 Å². The van der Waals surface area contributed by atoms with Gasteiger partial charge >= 0.3 is 0 Å². The topological polar surface area (TPSA) is 6.48 Å². The molecular formula is C9H18N2. The molecule has 2 nitrogen and oxygen atoms in total. The smallest absolute Gasteiger partial charge is 0.0394 e. The summed E-state index contributed by atoms with van der Waals surface area (Å²) in [7, 11) is 0. The van der Waals surface area contributed by atoms with Crippen molar-refractivity contribution in [1.29, 1.82) is 0 Å². The molecule has 0 spiro atoms. The van der Waals surface area contributed by atoms with Gasteiger partial charge in [-0.1, -0.05) is 6.08 Å². The molecule has 64 valence electrons. The van der Waals surface area contributed by atoms with Crippen molar-refractivity contribution in [2.75, 3.05) is 6.54 Å². The highest BCUT2D eigenvalue weighted by Gasteiger charge is 2.20. The van der Waals surface area contributed by atoms with E-state index in [2.05, 4.69) is 50.0 Å². The Bertz CT molecular complexity index is 150. The summed E-state index contributed by atoms with van der Waals surface area (Å²) in [4.78, 5) is 0. The quantitative estimate of drug-likeness (QED) is 0.599. The van der Waals surface area contributed by atoms with Gasteiger partial charge in [0.2, 0.25) is 0 Å². The number of hydrogen-bond donors (Lipinski definition) is 0. The number of nitrogens with zero attached hydrogens (tertiary/aromatic N) is 2. The third-order valence-corrected chi connectivity index (χ3v) is 1.97. The SMILES string of the molecule is CC(C)N1C=CCN1C(C)C. The highest BCUT2D eigenvalue weighted by atomic mass is 15.6. The van der Waals surface area contributed by atoms with E-state index < -0.39 is 0 Å². The second kappa shape index (κ2) is 3.26. The first-order valence-corrected chi connectivity index (χ1v) is 4.34. The lowest BCUT2D eigenvalue weighted by Gasteiger charge is -2.35. The van der Waals surface area contributed by atoms with E-state index in [1.54, 1.807) is 0 Å². The maximum atomic E-state index is 2.37. The van der Waals surface area contributed by atoms with Crippen LogP contribution in [0.3, 0.4) is 0 Å². The molecule has 0 aromatic rings. The Kier molecular flexibility index (Phi) is 2.55. The minimum atomic E-state index is 0.580. The Morgan fingerprint density at radius 3 is 2.09 bits per heavy atom. The van der Waals surface area contributed by atoms with Crippen LogP contribution in [0.1, 0.15) is 27.7 Å². The van der Waals surface area contributed by atoms with Crippen molar-refractivity contribution in [3.8, 4) is 0 Å². The summed E-state index contributed by atoms with van der Waals surface area (Å²) in [5.41, 5.74) is 0. The molecule has 0 fully saturated rings. The summed E-state index contributed by atoms with van der Waals surface area (Å²) in [5, 5.41) is 4.66. The van der Waals surface area contributed by atoms with Crippen molar-refractivity contribution in [3.05, 3.63) is 12.3 Å². The van der Waals surface area contributed by atoms with Gasteiger partial charge in [0.25, 0.3) is 0 Å². The fourth-order valence-electron chi connectivity index (χ4n) is 1.39. The van der Waals surface area contributed by atoms with Gasteiger partial charge in [0.05, 0.1) is 0 Å². The molecule has 0 aliphatic carbocycles. The highest BCUT2D eigenvalue weighted by Crippen LogP contribution is 2.14. The molecule has 0 saturated heterocycles. The van der Waals surface area contributed by atoms with Crippen LogP contribution in [0.25, 0.3) is 0 Å². The van der Waals surface area contributed by atoms with Gasteiger partial charge in [-0.3, -0.25) is 0 Å². The van der Waals surface area contributed by atoms with Crippen LogP contribution in [-0.4, -0.2) is 28.6 Å². The minimum Gasteiger partial charge on any atom is -0.310 e. The minimum absolute atomic E-state index is 0.580. The maximum Gasteiger partial charge on any atom is 0.0394 e. The fraction of sp³-hybridized carbons (Fsp3) is 0.778. The van der Waals surface area contributed by atoms with Crippen molar-refractivity contribution in [2.24, 2.45) is 0 Å². The van der Waals surface area contributed by atoms with Gasteiger partial charge in [-0.05, 0) is 27.7 Å². The maximum absolute atomic E-state index is 2.37. The van der Waals surface area contributed by atoms with Gasteiger partial charge in [0, 0.05) is 24.8 Å². The summed E-state index contributed by atoms with van der Waals surface area (Å²) in [6.45, 7) is 9.94. The molecule has 0 aromatic carbocycles. The van der Waals surface area contributed by atoms with E-state index in [1.165, 1.54) is 0 Å². The molecule has 1 heterocycles. The van der Waals surface area contributed by atoms with Crippen molar-refractivity contribution >= 4 is 0 Å². The third-order valence-electron chi connectivity index (χ3n) is 1.97. The summed E-state index contributed by atoms with van der Waals surface area (Å²) >= 11 is 0. The van der Waals surface area contributed by atoms with Crippen LogP contribution in [0.2, 0.25) is 0 Å². The standard InChI is InChI=1S/C9H18N2/c1-8(2)10-6-5-7-11(10)9(3)4/h5-6,8-9H,7H2,1-4H3. The summed E-state index contributed by atoms with van der Waals surface area (Å²) < 4.78 is 0. The molecule has 0 aromatic heterocycles. The van der Waals surface area contributed by atoms with Crippen LogP contribution < -0.4 is 0 Å². The van der Waals surface area contributed by atoms with Gasteiger partial charge < -0.3 is 5.01 Å². The third kappa shape index (κ3) is 1.74. The van der Waals surface area contributed by atoms with E-state index in [-0.39, 0.29) is 0 Å². The Hall–Kier alpha value is -0.500. The van der Waals surface area contributed by atoms with Crippen LogP contribution in [0, 0.1) is 0 Å². The number of hydrazine groups is 1. The van der Waals surface area contributed by atoms with Gasteiger partial charge in [-0.2, -0.15) is 0 Å². The van der Waals surface area contributed by atoms with Gasteiger partial charge in [0.15, 0.2) is 0 Å². The van der Waals surface area contributed by atoms with Gasteiger partial charge in [0.1, 0.15) is 0 Å². The Balaban J connectivity index is 2.56. The molecule has 0 N–H and O–H groups in total. The van der Waals surface area contributed by atoms with E-state index >= 15 is 0 Å². The molecule has 0 saturated carbocycles. The molecule has 0 unspecified atom stereocenters. The van der Waals surface area contributed by atoms with Crippen LogP contribution >= 0.6 is 0 Å². The molecule has 0 bridgehead atoms. The Labute approximate surface area is 69.5 Å². The molecule has 0 amide bonds. The predicted molar refractivity (Wildman–Crippen MR) is 48.0 cm³/mol. The molecular weight excluding hydrogens is 136 g/mol. The zero-order valence-corrected chi connectivity index (χ0v) is 7.91. The Morgan fingerprint density at radius 2 is 1.73 bits per heavy atom. The van der Waals surface area contributed by atoms with E-state index in [0.717, 1.165) is 6.54 Å². The predicted octanol–water partition coefficient (Wildman–Crippen LogP) is 1.85. The van der Waals surface area contributed by atoms with Crippen molar-refractivity contribution in [2.45, 2.75) is 39.8 Å². The van der Waals surface area contributed by atoms with Crippen LogP contribution in [0.4, 0.5) is 0 Å². The molecule has 1 aliphatic heterocycles. The van der Waals surface area contributed by atoms with Gasteiger partial charge in [-0.15, -0.1) is 0 Å². The molecule has 2 heteroatoms. The summed E-state index contributed by atoms with van der Waals surface area (Å²) in [6, 6.07) is 1.18.